The Kier molecular flexibility index (Phi) is 3.63. The summed E-state index contributed by atoms with van der Waals surface area (Å²) >= 11 is 0. The first-order valence-corrected chi connectivity index (χ1v) is 6.10. The minimum atomic E-state index is -0.0243. The van der Waals surface area contributed by atoms with E-state index in [-0.39, 0.29) is 6.04 Å². The number of aryl methyl sites for hydroxylation is 1. The van der Waals surface area contributed by atoms with Crippen LogP contribution in [-0.2, 0) is 0 Å². The molecule has 1 atom stereocenters. The molecule has 0 saturated carbocycles. The zero-order chi connectivity index (χ0) is 13.1. The van der Waals surface area contributed by atoms with E-state index in [4.69, 9.17) is 5.73 Å². The molecule has 0 amide bonds. The molecule has 3 nitrogen and oxygen atoms in total. The number of anilines is 2. The topological polar surface area (TPSA) is 42.1 Å². The van der Waals surface area contributed by atoms with Crippen molar-refractivity contribution in [2.24, 2.45) is 5.73 Å². The number of nitrogens with zero attached hydrogens (tertiary/aromatic N) is 2. The van der Waals surface area contributed by atoms with Crippen LogP contribution in [0.4, 0.5) is 11.4 Å². The number of hydrogen-bond donors (Lipinski definition) is 1. The van der Waals surface area contributed by atoms with Crippen LogP contribution < -0.4 is 10.6 Å². The second kappa shape index (κ2) is 5.19. The standard InChI is InChI=1S/C15H19N3/c1-11-4-6-13(7-5-11)18(3)14-8-9-15(12(2)16)17-10-14/h4-10,12H,16H2,1-3H3/t12-/m1/s1. The van der Waals surface area contributed by atoms with E-state index in [0.29, 0.717) is 0 Å². The zero-order valence-electron chi connectivity index (χ0n) is 11.1. The molecule has 3 heteroatoms. The lowest BCUT2D eigenvalue weighted by Gasteiger charge is -2.19. The third-order valence-corrected chi connectivity index (χ3v) is 3.05. The fourth-order valence-corrected chi connectivity index (χ4v) is 1.78. The molecule has 0 aliphatic heterocycles. The van der Waals surface area contributed by atoms with E-state index in [1.54, 1.807) is 0 Å². The summed E-state index contributed by atoms with van der Waals surface area (Å²) < 4.78 is 0. The molecule has 2 aromatic rings. The summed E-state index contributed by atoms with van der Waals surface area (Å²) in [5, 5.41) is 0. The summed E-state index contributed by atoms with van der Waals surface area (Å²) in [5.41, 5.74) is 10.2. The van der Waals surface area contributed by atoms with Gasteiger partial charge in [-0.2, -0.15) is 0 Å². The van der Waals surface area contributed by atoms with E-state index in [1.807, 2.05) is 32.3 Å². The quantitative estimate of drug-likeness (QED) is 0.897. The van der Waals surface area contributed by atoms with Crippen LogP contribution in [0.2, 0.25) is 0 Å². The molecule has 0 unspecified atom stereocenters. The van der Waals surface area contributed by atoms with Crippen molar-refractivity contribution in [1.82, 2.24) is 4.98 Å². The van der Waals surface area contributed by atoms with Gasteiger partial charge in [-0.3, -0.25) is 4.98 Å². The third kappa shape index (κ3) is 2.68. The van der Waals surface area contributed by atoms with Crippen LogP contribution in [0.5, 0.6) is 0 Å². The lowest BCUT2D eigenvalue weighted by molar-refractivity contribution is 0.781. The molecule has 1 heterocycles. The minimum absolute atomic E-state index is 0.0243. The predicted octanol–water partition coefficient (Wildman–Crippen LogP) is 3.18. The Hall–Kier alpha value is -1.87. The van der Waals surface area contributed by atoms with E-state index in [2.05, 4.69) is 41.1 Å². The zero-order valence-corrected chi connectivity index (χ0v) is 11.1. The first-order chi connectivity index (χ1) is 8.58. The molecular weight excluding hydrogens is 222 g/mol. The first-order valence-electron chi connectivity index (χ1n) is 6.10. The number of rotatable bonds is 3. The monoisotopic (exact) mass is 241 g/mol. The molecule has 18 heavy (non-hydrogen) atoms. The fourth-order valence-electron chi connectivity index (χ4n) is 1.78. The van der Waals surface area contributed by atoms with Crippen molar-refractivity contribution >= 4 is 11.4 Å². The minimum Gasteiger partial charge on any atom is -0.343 e. The Morgan fingerprint density at radius 2 is 1.67 bits per heavy atom. The molecule has 0 aliphatic rings. The maximum Gasteiger partial charge on any atom is 0.0594 e. The third-order valence-electron chi connectivity index (χ3n) is 3.05. The molecule has 0 aliphatic carbocycles. The van der Waals surface area contributed by atoms with Gasteiger partial charge >= 0.3 is 0 Å². The molecule has 0 fully saturated rings. The molecule has 0 radical (unpaired) electrons. The van der Waals surface area contributed by atoms with Gasteiger partial charge in [0.05, 0.1) is 17.6 Å². The highest BCUT2D eigenvalue weighted by Crippen LogP contribution is 2.23. The highest BCUT2D eigenvalue weighted by molar-refractivity contribution is 5.61. The van der Waals surface area contributed by atoms with Crippen LogP contribution >= 0.6 is 0 Å². The van der Waals surface area contributed by atoms with E-state index < -0.39 is 0 Å². The van der Waals surface area contributed by atoms with E-state index in [9.17, 15) is 0 Å². The van der Waals surface area contributed by atoms with Crippen molar-refractivity contribution in [3.63, 3.8) is 0 Å². The van der Waals surface area contributed by atoms with Gasteiger partial charge in [0.25, 0.3) is 0 Å². The van der Waals surface area contributed by atoms with Crippen LogP contribution in [0.15, 0.2) is 42.6 Å². The maximum absolute atomic E-state index is 5.79. The second-order valence-corrected chi connectivity index (χ2v) is 4.62. The van der Waals surface area contributed by atoms with Crippen LogP contribution in [0.25, 0.3) is 0 Å². The van der Waals surface area contributed by atoms with Gasteiger partial charge in [0.15, 0.2) is 0 Å². The van der Waals surface area contributed by atoms with Crippen LogP contribution in [0.1, 0.15) is 24.2 Å². The van der Waals surface area contributed by atoms with Gasteiger partial charge in [-0.15, -0.1) is 0 Å². The van der Waals surface area contributed by atoms with Crippen molar-refractivity contribution in [2.75, 3.05) is 11.9 Å². The molecule has 1 aromatic heterocycles. The molecule has 0 spiro atoms. The predicted molar refractivity (Wildman–Crippen MR) is 76.1 cm³/mol. The highest BCUT2D eigenvalue weighted by Gasteiger charge is 2.05. The van der Waals surface area contributed by atoms with Gasteiger partial charge in [0.1, 0.15) is 0 Å². The smallest absolute Gasteiger partial charge is 0.0594 e. The Morgan fingerprint density at radius 3 is 2.17 bits per heavy atom. The highest BCUT2D eigenvalue weighted by atomic mass is 15.1. The van der Waals surface area contributed by atoms with Crippen LogP contribution in [0.3, 0.4) is 0 Å². The van der Waals surface area contributed by atoms with Crippen molar-refractivity contribution in [3.8, 4) is 0 Å². The van der Waals surface area contributed by atoms with E-state index >= 15 is 0 Å². The Bertz CT molecular complexity index is 500. The summed E-state index contributed by atoms with van der Waals surface area (Å²) in [6.07, 6.45) is 1.86. The lowest BCUT2D eigenvalue weighted by atomic mass is 10.2. The van der Waals surface area contributed by atoms with Gasteiger partial charge in [-0.25, -0.2) is 0 Å². The number of benzene rings is 1. The Morgan fingerprint density at radius 1 is 1.06 bits per heavy atom. The average molecular weight is 241 g/mol. The van der Waals surface area contributed by atoms with Crippen molar-refractivity contribution in [1.29, 1.82) is 0 Å². The molecule has 2 rings (SSSR count). The number of hydrogen-bond acceptors (Lipinski definition) is 3. The molecule has 2 N–H and O–H groups in total. The number of nitrogens with two attached hydrogens (primary N) is 1. The number of aromatic nitrogens is 1. The summed E-state index contributed by atoms with van der Waals surface area (Å²) in [4.78, 5) is 6.48. The lowest BCUT2D eigenvalue weighted by Crippen LogP contribution is -2.11. The summed E-state index contributed by atoms with van der Waals surface area (Å²) in [6, 6.07) is 12.4. The molecule has 0 bridgehead atoms. The van der Waals surface area contributed by atoms with E-state index in [0.717, 1.165) is 17.1 Å². The normalized spacial score (nSPS) is 12.2. The van der Waals surface area contributed by atoms with Gasteiger partial charge in [0.2, 0.25) is 0 Å². The van der Waals surface area contributed by atoms with Gasteiger partial charge in [0, 0.05) is 18.8 Å². The Labute approximate surface area is 108 Å². The van der Waals surface area contributed by atoms with Crippen LogP contribution in [-0.4, -0.2) is 12.0 Å². The average Bonchev–Trinajstić information content (AvgIpc) is 2.39. The van der Waals surface area contributed by atoms with E-state index in [1.165, 1.54) is 5.56 Å². The molecular formula is C15H19N3. The largest absolute Gasteiger partial charge is 0.343 e. The summed E-state index contributed by atoms with van der Waals surface area (Å²) in [7, 11) is 2.03. The van der Waals surface area contributed by atoms with Crippen molar-refractivity contribution < 1.29 is 0 Å². The number of pyridine rings is 1. The van der Waals surface area contributed by atoms with Gasteiger partial charge in [-0.1, -0.05) is 17.7 Å². The summed E-state index contributed by atoms with van der Waals surface area (Å²) in [6.45, 7) is 4.02. The van der Waals surface area contributed by atoms with Gasteiger partial charge in [-0.05, 0) is 38.1 Å². The molecule has 1 aromatic carbocycles. The van der Waals surface area contributed by atoms with Gasteiger partial charge < -0.3 is 10.6 Å². The maximum atomic E-state index is 5.79. The second-order valence-electron chi connectivity index (χ2n) is 4.62. The Balaban J connectivity index is 2.23. The van der Waals surface area contributed by atoms with Crippen molar-refractivity contribution in [3.05, 3.63) is 53.9 Å². The van der Waals surface area contributed by atoms with Crippen molar-refractivity contribution in [2.45, 2.75) is 19.9 Å². The molecule has 94 valence electrons. The van der Waals surface area contributed by atoms with Crippen LogP contribution in [0, 0.1) is 6.92 Å². The first kappa shape index (κ1) is 12.6. The summed E-state index contributed by atoms with van der Waals surface area (Å²) in [5.74, 6) is 0. The molecule has 0 saturated heterocycles. The fraction of sp³-hybridized carbons (Fsp3) is 0.267. The SMILES string of the molecule is Cc1ccc(N(C)c2ccc([C@@H](C)N)nc2)cc1.